The quantitative estimate of drug-likeness (QED) is 0.756. The highest BCUT2D eigenvalue weighted by molar-refractivity contribution is 5.98. The maximum atomic E-state index is 12.8. The molecule has 0 aliphatic heterocycles. The van der Waals surface area contributed by atoms with Crippen molar-refractivity contribution in [2.24, 2.45) is 0 Å². The topological polar surface area (TPSA) is 96.3 Å². The summed E-state index contributed by atoms with van der Waals surface area (Å²) in [6.45, 7) is 1.94. The molecule has 1 aliphatic rings. The Hall–Kier alpha value is -2.67. The first-order valence-electron chi connectivity index (χ1n) is 8.85. The van der Waals surface area contributed by atoms with Gasteiger partial charge in [-0.25, -0.2) is 0 Å². The van der Waals surface area contributed by atoms with Crippen molar-refractivity contribution in [1.82, 2.24) is 20.4 Å². The third-order valence-corrected chi connectivity index (χ3v) is 4.82. The highest BCUT2D eigenvalue weighted by atomic mass is 16.3. The van der Waals surface area contributed by atoms with Gasteiger partial charge in [-0.1, -0.05) is 30.3 Å². The number of nitrogens with one attached hydrogen (secondary N) is 2. The van der Waals surface area contributed by atoms with Crippen LogP contribution in [-0.4, -0.2) is 45.9 Å². The van der Waals surface area contributed by atoms with Crippen LogP contribution in [0, 0.1) is 0 Å². The number of nitrogens with zero attached hydrogens (tertiary/aromatic N) is 2. The molecule has 138 valence electrons. The molecule has 0 radical (unpaired) electrons. The Morgan fingerprint density at radius 1 is 1.23 bits per heavy atom. The fraction of sp³-hybridized carbons (Fsp3) is 0.421. The number of benzene rings is 1. The third-order valence-electron chi connectivity index (χ3n) is 4.82. The molecule has 0 spiro atoms. The van der Waals surface area contributed by atoms with Crippen LogP contribution in [0.4, 0.5) is 0 Å². The normalized spacial score (nSPS) is 20.6. The Morgan fingerprint density at radius 2 is 1.96 bits per heavy atom. The number of aromatic nitrogens is 2. The highest BCUT2D eigenvalue weighted by Crippen LogP contribution is 2.22. The van der Waals surface area contributed by atoms with Gasteiger partial charge in [0.1, 0.15) is 5.69 Å². The van der Waals surface area contributed by atoms with Crippen molar-refractivity contribution in [2.45, 2.75) is 44.4 Å². The molecule has 1 fully saturated rings. The first kappa shape index (κ1) is 18.1. The van der Waals surface area contributed by atoms with Crippen molar-refractivity contribution in [2.75, 3.05) is 7.05 Å². The average Bonchev–Trinajstić information content (AvgIpc) is 3.27. The predicted octanol–water partition coefficient (Wildman–Crippen LogP) is 1.50. The van der Waals surface area contributed by atoms with E-state index in [0.29, 0.717) is 18.5 Å². The van der Waals surface area contributed by atoms with Gasteiger partial charge in [-0.05, 0) is 31.7 Å². The first-order valence-corrected chi connectivity index (χ1v) is 8.85. The molecular formula is C19H24N4O3. The number of carbonyl (C=O) groups is 2. The largest absolute Gasteiger partial charge is 0.393 e. The molecule has 1 saturated carbocycles. The lowest BCUT2D eigenvalue weighted by Crippen LogP contribution is -2.35. The van der Waals surface area contributed by atoms with Crippen LogP contribution in [0.1, 0.15) is 58.8 Å². The van der Waals surface area contributed by atoms with E-state index in [1.807, 2.05) is 37.3 Å². The zero-order valence-corrected chi connectivity index (χ0v) is 15.0. The minimum absolute atomic E-state index is 0.0590. The molecule has 1 aromatic carbocycles. The summed E-state index contributed by atoms with van der Waals surface area (Å²) in [6, 6.07) is 10.9. The predicted molar refractivity (Wildman–Crippen MR) is 97.0 cm³/mol. The van der Waals surface area contributed by atoms with Crippen LogP contribution in [0.15, 0.2) is 36.4 Å². The molecule has 1 aromatic heterocycles. The summed E-state index contributed by atoms with van der Waals surface area (Å²) in [7, 11) is 1.53. The fourth-order valence-corrected chi connectivity index (χ4v) is 3.32. The Labute approximate surface area is 152 Å². The molecule has 0 saturated heterocycles. The van der Waals surface area contributed by atoms with Crippen LogP contribution in [0.25, 0.3) is 0 Å². The second-order valence-corrected chi connectivity index (χ2v) is 6.66. The number of aliphatic hydroxyl groups excluding tert-OH is 1. The Balaban J connectivity index is 1.90. The summed E-state index contributed by atoms with van der Waals surface area (Å²) in [4.78, 5) is 24.8. The molecule has 2 aromatic rings. The maximum Gasteiger partial charge on any atom is 0.271 e. The number of rotatable bonds is 5. The number of hydrogen-bond donors (Lipinski definition) is 3. The number of amides is 2. The molecule has 26 heavy (non-hydrogen) atoms. The van der Waals surface area contributed by atoms with Gasteiger partial charge in [0.15, 0.2) is 5.69 Å². The van der Waals surface area contributed by atoms with E-state index >= 15 is 0 Å². The number of aliphatic hydroxyl groups is 1. The summed E-state index contributed by atoms with van der Waals surface area (Å²) in [5.74, 6) is -0.621. The van der Waals surface area contributed by atoms with Crippen LogP contribution >= 0.6 is 0 Å². The van der Waals surface area contributed by atoms with Crippen molar-refractivity contribution < 1.29 is 14.7 Å². The SMILES string of the molecule is CNC(=O)c1cc(C(=O)N[C@H]2CC[C@H](O)C2)n([C@@H](C)c2ccccc2)n1. The zero-order chi connectivity index (χ0) is 18.7. The summed E-state index contributed by atoms with van der Waals surface area (Å²) in [6.07, 6.45) is 1.62. The molecule has 3 N–H and O–H groups in total. The average molecular weight is 356 g/mol. The lowest BCUT2D eigenvalue weighted by molar-refractivity contribution is 0.0919. The van der Waals surface area contributed by atoms with Gasteiger partial charge in [-0.2, -0.15) is 5.10 Å². The van der Waals surface area contributed by atoms with E-state index < -0.39 is 0 Å². The summed E-state index contributed by atoms with van der Waals surface area (Å²) in [5.41, 5.74) is 1.53. The molecule has 7 heteroatoms. The minimum Gasteiger partial charge on any atom is -0.393 e. The molecule has 2 amide bonds. The highest BCUT2D eigenvalue weighted by Gasteiger charge is 2.27. The molecule has 7 nitrogen and oxygen atoms in total. The molecule has 0 bridgehead atoms. The van der Waals surface area contributed by atoms with Crippen molar-refractivity contribution in [1.29, 1.82) is 0 Å². The van der Waals surface area contributed by atoms with E-state index in [0.717, 1.165) is 12.0 Å². The Kier molecular flexibility index (Phi) is 5.37. The van der Waals surface area contributed by atoms with Gasteiger partial charge in [0, 0.05) is 19.2 Å². The van der Waals surface area contributed by atoms with Crippen LogP contribution in [0.5, 0.6) is 0 Å². The van der Waals surface area contributed by atoms with Crippen molar-refractivity contribution in [3.8, 4) is 0 Å². The van der Waals surface area contributed by atoms with E-state index in [-0.39, 0.29) is 35.7 Å². The van der Waals surface area contributed by atoms with Crippen molar-refractivity contribution in [3.63, 3.8) is 0 Å². The first-order chi connectivity index (χ1) is 12.5. The molecule has 0 unspecified atom stereocenters. The van der Waals surface area contributed by atoms with E-state index in [2.05, 4.69) is 15.7 Å². The van der Waals surface area contributed by atoms with Crippen molar-refractivity contribution in [3.05, 3.63) is 53.3 Å². The van der Waals surface area contributed by atoms with Gasteiger partial charge in [-0.15, -0.1) is 0 Å². The summed E-state index contributed by atoms with van der Waals surface area (Å²) < 4.78 is 1.58. The summed E-state index contributed by atoms with van der Waals surface area (Å²) >= 11 is 0. The molecular weight excluding hydrogens is 332 g/mol. The van der Waals surface area contributed by atoms with Gasteiger partial charge in [0.2, 0.25) is 0 Å². The van der Waals surface area contributed by atoms with E-state index in [1.165, 1.54) is 13.1 Å². The molecule has 1 aliphatic carbocycles. The molecule has 3 atom stereocenters. The van der Waals surface area contributed by atoms with Gasteiger partial charge in [0.25, 0.3) is 11.8 Å². The monoisotopic (exact) mass is 356 g/mol. The van der Waals surface area contributed by atoms with Gasteiger partial charge >= 0.3 is 0 Å². The van der Waals surface area contributed by atoms with Crippen molar-refractivity contribution >= 4 is 11.8 Å². The van der Waals surface area contributed by atoms with E-state index in [9.17, 15) is 14.7 Å². The minimum atomic E-state index is -0.366. The second-order valence-electron chi connectivity index (χ2n) is 6.66. The number of hydrogen-bond acceptors (Lipinski definition) is 4. The molecule has 3 rings (SSSR count). The Bertz CT molecular complexity index is 787. The van der Waals surface area contributed by atoms with Gasteiger partial charge < -0.3 is 15.7 Å². The van der Waals surface area contributed by atoms with Gasteiger partial charge in [0.05, 0.1) is 12.1 Å². The lowest BCUT2D eigenvalue weighted by atomic mass is 10.1. The van der Waals surface area contributed by atoms with E-state index in [4.69, 9.17) is 0 Å². The van der Waals surface area contributed by atoms with Crippen LogP contribution < -0.4 is 10.6 Å². The summed E-state index contributed by atoms with van der Waals surface area (Å²) in [5, 5.41) is 19.5. The fourth-order valence-electron chi connectivity index (χ4n) is 3.32. The van der Waals surface area contributed by atoms with Crippen LogP contribution in [0.3, 0.4) is 0 Å². The number of carbonyl (C=O) groups excluding carboxylic acids is 2. The standard InChI is InChI=1S/C19H24N4O3/c1-12(13-6-4-3-5-7-13)23-17(11-16(22-23)18(25)20-2)19(26)21-14-8-9-15(24)10-14/h3-7,11-12,14-15,24H,8-10H2,1-2H3,(H,20,25)(H,21,26)/t12-,14-,15-/m0/s1. The lowest BCUT2D eigenvalue weighted by Gasteiger charge is -2.17. The maximum absolute atomic E-state index is 12.8. The second kappa shape index (κ2) is 7.70. The Morgan fingerprint density at radius 3 is 2.58 bits per heavy atom. The van der Waals surface area contributed by atoms with Crippen LogP contribution in [0.2, 0.25) is 0 Å². The molecule has 1 heterocycles. The van der Waals surface area contributed by atoms with E-state index in [1.54, 1.807) is 4.68 Å². The zero-order valence-electron chi connectivity index (χ0n) is 15.0. The smallest absolute Gasteiger partial charge is 0.271 e. The third kappa shape index (κ3) is 3.77. The van der Waals surface area contributed by atoms with Gasteiger partial charge in [-0.3, -0.25) is 14.3 Å². The van der Waals surface area contributed by atoms with Crippen LogP contribution in [-0.2, 0) is 0 Å².